The van der Waals surface area contributed by atoms with Crippen LogP contribution in [0.2, 0.25) is 0 Å². The van der Waals surface area contributed by atoms with Crippen LogP contribution >= 0.6 is 0 Å². The smallest absolute Gasteiger partial charge is 0.328 e. The number of hydrogen-bond acceptors (Lipinski definition) is 5. The standard InChI is InChI=1S/C31H37F2N7O2/c1-30(2,3)28-35-22-14-20(18-16-34-36(5)17-18)21(27(32)33)15-23(22)40(28)19-12-24-26(38(7)29(41)37(24)6)25(13-19)39-10-8-31(4,42)9-11-39/h12-17,27,42H,8-11H2,1-7H3. The molecule has 0 unspecified atom stereocenters. The summed E-state index contributed by atoms with van der Waals surface area (Å²) in [6, 6.07) is 7.23. The fourth-order valence-corrected chi connectivity index (χ4v) is 6.11. The zero-order valence-corrected chi connectivity index (χ0v) is 25.1. The predicted octanol–water partition coefficient (Wildman–Crippen LogP) is 5.20. The van der Waals surface area contributed by atoms with Crippen LogP contribution in [0, 0.1) is 0 Å². The molecule has 3 aromatic heterocycles. The number of alkyl halides is 2. The first-order chi connectivity index (χ1) is 19.7. The van der Waals surface area contributed by atoms with Crippen molar-refractivity contribution in [2.45, 2.75) is 58.0 Å². The van der Waals surface area contributed by atoms with Gasteiger partial charge in [-0.15, -0.1) is 0 Å². The summed E-state index contributed by atoms with van der Waals surface area (Å²) in [5.74, 6) is 0.717. The summed E-state index contributed by atoms with van der Waals surface area (Å²) in [6.07, 6.45) is 1.78. The second kappa shape index (κ2) is 9.52. The van der Waals surface area contributed by atoms with Crippen molar-refractivity contribution in [2.24, 2.45) is 21.1 Å². The van der Waals surface area contributed by atoms with Gasteiger partial charge < -0.3 is 10.0 Å². The lowest BCUT2D eigenvalue weighted by molar-refractivity contribution is 0.0352. The summed E-state index contributed by atoms with van der Waals surface area (Å²) >= 11 is 0. The SMILES string of the molecule is Cn1cc(-c2cc3nc(C(C)(C)C)n(-c4cc(N5CCC(C)(O)CC5)c5c(c4)n(C)c(=O)n5C)c3cc2C(F)F)cn1. The van der Waals surface area contributed by atoms with Crippen molar-refractivity contribution >= 4 is 27.8 Å². The van der Waals surface area contributed by atoms with E-state index in [0.29, 0.717) is 53.9 Å². The van der Waals surface area contributed by atoms with Crippen molar-refractivity contribution in [1.82, 2.24) is 28.5 Å². The largest absolute Gasteiger partial charge is 0.390 e. The highest BCUT2D eigenvalue weighted by Gasteiger charge is 2.31. The monoisotopic (exact) mass is 577 g/mol. The van der Waals surface area contributed by atoms with Crippen molar-refractivity contribution < 1.29 is 13.9 Å². The second-order valence-corrected chi connectivity index (χ2v) is 12.9. The summed E-state index contributed by atoms with van der Waals surface area (Å²) in [7, 11) is 5.26. The topological polar surface area (TPSA) is 86.0 Å². The normalized spacial score (nSPS) is 15.9. The Morgan fingerprint density at radius 2 is 1.69 bits per heavy atom. The Balaban J connectivity index is 1.66. The van der Waals surface area contributed by atoms with Gasteiger partial charge in [-0.05, 0) is 49.6 Å². The van der Waals surface area contributed by atoms with Gasteiger partial charge in [0.15, 0.2) is 0 Å². The molecule has 0 atom stereocenters. The number of rotatable bonds is 4. The molecule has 6 rings (SSSR count). The molecule has 42 heavy (non-hydrogen) atoms. The number of nitrogens with zero attached hydrogens (tertiary/aromatic N) is 7. The third-order valence-corrected chi connectivity index (χ3v) is 8.51. The first-order valence-electron chi connectivity index (χ1n) is 14.2. The average Bonchev–Trinajstić information content (AvgIpc) is 3.58. The molecule has 1 saturated heterocycles. The molecule has 1 aliphatic rings. The number of fused-ring (bicyclic) bond motifs is 2. The highest BCUT2D eigenvalue weighted by atomic mass is 19.3. The van der Waals surface area contributed by atoms with E-state index in [1.165, 1.54) is 6.07 Å². The molecule has 0 aliphatic carbocycles. The third-order valence-electron chi connectivity index (χ3n) is 8.51. The minimum Gasteiger partial charge on any atom is -0.390 e. The summed E-state index contributed by atoms with van der Waals surface area (Å²) in [4.78, 5) is 20.3. The maximum absolute atomic E-state index is 14.6. The Bertz CT molecular complexity index is 1890. The van der Waals surface area contributed by atoms with E-state index in [1.54, 1.807) is 53.4 Å². The first-order valence-corrected chi connectivity index (χ1v) is 14.2. The Labute approximate surface area is 242 Å². The molecule has 5 aromatic rings. The Hall–Kier alpha value is -3.99. The molecule has 0 spiro atoms. The molecule has 0 bridgehead atoms. The molecule has 0 radical (unpaired) electrons. The van der Waals surface area contributed by atoms with Crippen molar-refractivity contribution in [3.8, 4) is 16.8 Å². The van der Waals surface area contributed by atoms with E-state index in [1.807, 2.05) is 44.4 Å². The van der Waals surface area contributed by atoms with E-state index in [4.69, 9.17) is 4.98 Å². The molecule has 1 aliphatic heterocycles. The number of aromatic nitrogens is 6. The average molecular weight is 578 g/mol. The van der Waals surface area contributed by atoms with Gasteiger partial charge in [-0.3, -0.25) is 18.4 Å². The van der Waals surface area contributed by atoms with Crippen LogP contribution in [0.5, 0.6) is 0 Å². The van der Waals surface area contributed by atoms with Crippen LogP contribution in [-0.2, 0) is 26.6 Å². The molecular formula is C31H37F2N7O2. The van der Waals surface area contributed by atoms with E-state index >= 15 is 0 Å². The molecule has 1 N–H and O–H groups in total. The summed E-state index contributed by atoms with van der Waals surface area (Å²) in [5, 5.41) is 14.8. The van der Waals surface area contributed by atoms with Crippen LogP contribution in [0.1, 0.15) is 58.3 Å². The summed E-state index contributed by atoms with van der Waals surface area (Å²) in [6.45, 7) is 9.23. The van der Waals surface area contributed by atoms with Crippen molar-refractivity contribution in [3.63, 3.8) is 0 Å². The van der Waals surface area contributed by atoms with Crippen molar-refractivity contribution in [3.05, 3.63) is 58.5 Å². The van der Waals surface area contributed by atoms with Gasteiger partial charge in [-0.1, -0.05) is 20.8 Å². The van der Waals surface area contributed by atoms with Gasteiger partial charge in [0.1, 0.15) is 5.82 Å². The molecule has 1 fully saturated rings. The number of benzene rings is 2. The van der Waals surface area contributed by atoms with Gasteiger partial charge in [-0.25, -0.2) is 18.6 Å². The summed E-state index contributed by atoms with van der Waals surface area (Å²) < 4.78 is 36.0. The van der Waals surface area contributed by atoms with Gasteiger partial charge in [0.2, 0.25) is 0 Å². The van der Waals surface area contributed by atoms with Gasteiger partial charge in [0, 0.05) is 57.0 Å². The lowest BCUT2D eigenvalue weighted by Crippen LogP contribution is -2.42. The number of aryl methyl sites for hydroxylation is 3. The van der Waals surface area contributed by atoms with Crippen LogP contribution in [-0.4, -0.2) is 52.3 Å². The maximum atomic E-state index is 14.6. The summed E-state index contributed by atoms with van der Waals surface area (Å²) in [5.41, 5.74) is 3.87. The number of halogens is 2. The van der Waals surface area contributed by atoms with Gasteiger partial charge in [0.05, 0.1) is 45.2 Å². The Morgan fingerprint density at radius 1 is 1.00 bits per heavy atom. The van der Waals surface area contributed by atoms with Crippen LogP contribution in [0.25, 0.3) is 38.9 Å². The Morgan fingerprint density at radius 3 is 2.29 bits per heavy atom. The molecule has 2 aromatic carbocycles. The first kappa shape index (κ1) is 28.1. The van der Waals surface area contributed by atoms with Crippen LogP contribution < -0.4 is 10.6 Å². The molecule has 9 nitrogen and oxygen atoms in total. The number of imidazole rings is 2. The molecular weight excluding hydrogens is 540 g/mol. The lowest BCUT2D eigenvalue weighted by atomic mass is 9.93. The minimum absolute atomic E-state index is 0.0937. The van der Waals surface area contributed by atoms with E-state index in [-0.39, 0.29) is 11.3 Å². The molecule has 0 saturated carbocycles. The minimum atomic E-state index is -2.71. The van der Waals surface area contributed by atoms with Crippen molar-refractivity contribution in [1.29, 1.82) is 0 Å². The second-order valence-electron chi connectivity index (χ2n) is 12.9. The van der Waals surface area contributed by atoms with E-state index in [2.05, 4.69) is 10.00 Å². The quantitative estimate of drug-likeness (QED) is 0.317. The van der Waals surface area contributed by atoms with E-state index in [0.717, 1.165) is 22.4 Å². The van der Waals surface area contributed by atoms with Crippen molar-refractivity contribution in [2.75, 3.05) is 18.0 Å². The molecule has 4 heterocycles. The number of hydrogen-bond donors (Lipinski definition) is 1. The van der Waals surface area contributed by atoms with Crippen LogP contribution in [0.15, 0.2) is 41.5 Å². The zero-order valence-electron chi connectivity index (χ0n) is 25.1. The fraction of sp³-hybridized carbons (Fsp3) is 0.452. The van der Waals surface area contributed by atoms with E-state index in [9.17, 15) is 18.7 Å². The highest BCUT2D eigenvalue weighted by molar-refractivity contribution is 5.93. The Kier molecular flexibility index (Phi) is 6.38. The number of piperidine rings is 1. The van der Waals surface area contributed by atoms with Gasteiger partial charge in [-0.2, -0.15) is 5.10 Å². The van der Waals surface area contributed by atoms with Gasteiger partial charge in [0.25, 0.3) is 6.43 Å². The number of anilines is 1. The highest BCUT2D eigenvalue weighted by Crippen LogP contribution is 2.40. The molecule has 222 valence electrons. The fourth-order valence-electron chi connectivity index (χ4n) is 6.11. The van der Waals surface area contributed by atoms with Crippen LogP contribution in [0.3, 0.4) is 0 Å². The predicted molar refractivity (Wildman–Crippen MR) is 161 cm³/mol. The van der Waals surface area contributed by atoms with Gasteiger partial charge >= 0.3 is 5.69 Å². The zero-order chi connectivity index (χ0) is 30.3. The third kappa shape index (κ3) is 4.50. The van der Waals surface area contributed by atoms with E-state index < -0.39 is 17.4 Å². The van der Waals surface area contributed by atoms with Crippen LogP contribution in [0.4, 0.5) is 14.5 Å². The number of aliphatic hydroxyl groups is 1. The molecule has 11 heteroatoms. The lowest BCUT2D eigenvalue weighted by Gasteiger charge is -2.37. The molecule has 0 amide bonds. The maximum Gasteiger partial charge on any atom is 0.328 e.